The minimum Gasteiger partial charge on any atom is -0.497 e. The molecule has 0 bridgehead atoms. The van der Waals surface area contributed by atoms with E-state index >= 15 is 0 Å². The lowest BCUT2D eigenvalue weighted by Gasteiger charge is -2.33. The van der Waals surface area contributed by atoms with Gasteiger partial charge in [0, 0.05) is 19.3 Å². The van der Waals surface area contributed by atoms with E-state index in [1.54, 1.807) is 13.3 Å². The molecule has 0 saturated carbocycles. The SMILES string of the molecule is COc1ccc(CC(=O)N2CCO[C@@H](CCc3ccnc(N)c3)C2)cc1. The molecule has 1 fully saturated rings. The topological polar surface area (TPSA) is 77.7 Å². The second-order valence-corrected chi connectivity index (χ2v) is 6.49. The second-order valence-electron chi connectivity index (χ2n) is 6.49. The zero-order valence-electron chi connectivity index (χ0n) is 15.1. The summed E-state index contributed by atoms with van der Waals surface area (Å²) in [5.74, 6) is 1.46. The quantitative estimate of drug-likeness (QED) is 0.858. The highest BCUT2D eigenvalue weighted by Gasteiger charge is 2.24. The lowest BCUT2D eigenvalue weighted by atomic mass is 10.1. The van der Waals surface area contributed by atoms with Crippen LogP contribution in [0.15, 0.2) is 42.6 Å². The molecule has 2 N–H and O–H groups in total. The first-order chi connectivity index (χ1) is 12.6. The number of hydrogen-bond acceptors (Lipinski definition) is 5. The maximum Gasteiger partial charge on any atom is 0.227 e. The van der Waals surface area contributed by atoms with Crippen molar-refractivity contribution in [1.82, 2.24) is 9.88 Å². The fourth-order valence-electron chi connectivity index (χ4n) is 3.13. The van der Waals surface area contributed by atoms with E-state index in [0.29, 0.717) is 31.9 Å². The molecule has 1 aliphatic heterocycles. The van der Waals surface area contributed by atoms with Gasteiger partial charge in [-0.25, -0.2) is 4.98 Å². The monoisotopic (exact) mass is 355 g/mol. The fourth-order valence-corrected chi connectivity index (χ4v) is 3.13. The number of hydrogen-bond donors (Lipinski definition) is 1. The molecule has 138 valence electrons. The molecule has 0 aliphatic carbocycles. The first-order valence-corrected chi connectivity index (χ1v) is 8.87. The zero-order chi connectivity index (χ0) is 18.4. The van der Waals surface area contributed by atoms with Crippen LogP contribution in [0.3, 0.4) is 0 Å². The van der Waals surface area contributed by atoms with Gasteiger partial charge in [0.05, 0.1) is 26.2 Å². The van der Waals surface area contributed by atoms with Gasteiger partial charge in [-0.05, 0) is 48.2 Å². The lowest BCUT2D eigenvalue weighted by molar-refractivity contribution is -0.138. The minimum absolute atomic E-state index is 0.0537. The summed E-state index contributed by atoms with van der Waals surface area (Å²) >= 11 is 0. The number of nitrogen functional groups attached to an aromatic ring is 1. The van der Waals surface area contributed by atoms with Crippen molar-refractivity contribution in [3.8, 4) is 5.75 Å². The summed E-state index contributed by atoms with van der Waals surface area (Å²) in [7, 11) is 1.63. The molecule has 0 spiro atoms. The first-order valence-electron chi connectivity index (χ1n) is 8.87. The molecule has 2 aromatic rings. The molecule has 6 nitrogen and oxygen atoms in total. The van der Waals surface area contributed by atoms with Crippen LogP contribution < -0.4 is 10.5 Å². The Labute approximate surface area is 153 Å². The fraction of sp³-hybridized carbons (Fsp3) is 0.400. The molecule has 6 heteroatoms. The number of rotatable bonds is 6. The summed E-state index contributed by atoms with van der Waals surface area (Å²) < 4.78 is 11.0. The Morgan fingerprint density at radius 1 is 1.31 bits per heavy atom. The van der Waals surface area contributed by atoms with Gasteiger partial charge < -0.3 is 20.1 Å². The molecule has 1 atom stereocenters. The standard InChI is InChI=1S/C20H25N3O3/c1-25-17-5-2-15(3-6-17)13-20(24)23-10-11-26-18(14-23)7-4-16-8-9-22-19(21)12-16/h2-3,5-6,8-9,12,18H,4,7,10-11,13-14H2,1H3,(H2,21,22)/t18-/m0/s1. The Hall–Kier alpha value is -2.60. The Kier molecular flexibility index (Phi) is 6.07. The van der Waals surface area contributed by atoms with Crippen molar-refractivity contribution in [2.45, 2.75) is 25.4 Å². The third-order valence-corrected chi connectivity index (χ3v) is 4.61. The maximum atomic E-state index is 12.6. The van der Waals surface area contributed by atoms with Crippen LogP contribution in [0.5, 0.6) is 5.75 Å². The molecule has 0 unspecified atom stereocenters. The van der Waals surface area contributed by atoms with Crippen LogP contribution in [0.25, 0.3) is 0 Å². The predicted molar refractivity (Wildman–Crippen MR) is 100.0 cm³/mol. The molecule has 3 rings (SSSR count). The van der Waals surface area contributed by atoms with Crippen molar-refractivity contribution in [1.29, 1.82) is 0 Å². The highest BCUT2D eigenvalue weighted by atomic mass is 16.5. The summed E-state index contributed by atoms with van der Waals surface area (Å²) in [4.78, 5) is 18.5. The Morgan fingerprint density at radius 2 is 2.12 bits per heavy atom. The van der Waals surface area contributed by atoms with E-state index in [1.165, 1.54) is 0 Å². The van der Waals surface area contributed by atoms with Crippen LogP contribution in [0.1, 0.15) is 17.5 Å². The van der Waals surface area contributed by atoms with E-state index in [9.17, 15) is 4.79 Å². The number of amides is 1. The van der Waals surface area contributed by atoms with Gasteiger partial charge in [-0.1, -0.05) is 12.1 Å². The zero-order valence-corrected chi connectivity index (χ0v) is 15.1. The van der Waals surface area contributed by atoms with E-state index in [4.69, 9.17) is 15.2 Å². The molecule has 0 radical (unpaired) electrons. The van der Waals surface area contributed by atoms with Gasteiger partial charge in [0.1, 0.15) is 11.6 Å². The van der Waals surface area contributed by atoms with Gasteiger partial charge in [-0.3, -0.25) is 4.79 Å². The number of anilines is 1. The second kappa shape index (κ2) is 8.67. The average molecular weight is 355 g/mol. The van der Waals surface area contributed by atoms with Crippen molar-refractivity contribution in [3.63, 3.8) is 0 Å². The largest absolute Gasteiger partial charge is 0.497 e. The number of aromatic nitrogens is 1. The van der Waals surface area contributed by atoms with E-state index in [-0.39, 0.29) is 12.0 Å². The average Bonchev–Trinajstić information content (AvgIpc) is 2.67. The summed E-state index contributed by atoms with van der Waals surface area (Å²) in [5, 5.41) is 0. The first kappa shape index (κ1) is 18.2. The van der Waals surface area contributed by atoms with Gasteiger partial charge in [0.25, 0.3) is 0 Å². The van der Waals surface area contributed by atoms with Crippen molar-refractivity contribution in [2.75, 3.05) is 32.5 Å². The van der Waals surface area contributed by atoms with Gasteiger partial charge >= 0.3 is 0 Å². The molecule has 1 saturated heterocycles. The number of benzene rings is 1. The number of pyridine rings is 1. The van der Waals surface area contributed by atoms with E-state index in [0.717, 1.165) is 29.7 Å². The van der Waals surface area contributed by atoms with Crippen LogP contribution in [-0.4, -0.2) is 48.7 Å². The number of morpholine rings is 1. The minimum atomic E-state index is 0.0537. The smallest absolute Gasteiger partial charge is 0.227 e. The number of nitrogens with two attached hydrogens (primary N) is 1. The van der Waals surface area contributed by atoms with Crippen molar-refractivity contribution in [3.05, 3.63) is 53.7 Å². The van der Waals surface area contributed by atoms with Gasteiger partial charge in [0.15, 0.2) is 0 Å². The number of carbonyl (C=O) groups excluding carboxylic acids is 1. The molecular formula is C20H25N3O3. The summed E-state index contributed by atoms with van der Waals surface area (Å²) in [6.07, 6.45) is 3.89. The molecule has 1 aromatic heterocycles. The van der Waals surface area contributed by atoms with Gasteiger partial charge in [0.2, 0.25) is 5.91 Å². The Morgan fingerprint density at radius 3 is 2.85 bits per heavy atom. The van der Waals surface area contributed by atoms with Crippen molar-refractivity contribution in [2.24, 2.45) is 0 Å². The number of ether oxygens (including phenoxy) is 2. The lowest BCUT2D eigenvalue weighted by Crippen LogP contribution is -2.46. The molecule has 2 heterocycles. The third kappa shape index (κ3) is 4.95. The van der Waals surface area contributed by atoms with Crippen LogP contribution in [-0.2, 0) is 22.4 Å². The van der Waals surface area contributed by atoms with Crippen molar-refractivity contribution < 1.29 is 14.3 Å². The van der Waals surface area contributed by atoms with Gasteiger partial charge in [-0.15, -0.1) is 0 Å². The van der Waals surface area contributed by atoms with Gasteiger partial charge in [-0.2, -0.15) is 0 Å². The van der Waals surface area contributed by atoms with Crippen LogP contribution in [0.2, 0.25) is 0 Å². The maximum absolute atomic E-state index is 12.6. The van der Waals surface area contributed by atoms with Crippen molar-refractivity contribution >= 4 is 11.7 Å². The van der Waals surface area contributed by atoms with E-state index in [1.807, 2.05) is 41.3 Å². The highest BCUT2D eigenvalue weighted by Crippen LogP contribution is 2.16. The number of methoxy groups -OCH3 is 1. The van der Waals surface area contributed by atoms with E-state index < -0.39 is 0 Å². The molecule has 26 heavy (non-hydrogen) atoms. The molecule has 1 aliphatic rings. The summed E-state index contributed by atoms with van der Waals surface area (Å²) in [6, 6.07) is 11.5. The number of aryl methyl sites for hydroxylation is 1. The molecular weight excluding hydrogens is 330 g/mol. The molecule has 1 aromatic carbocycles. The number of carbonyl (C=O) groups is 1. The Bertz CT molecular complexity index is 733. The number of nitrogens with zero attached hydrogens (tertiary/aromatic N) is 2. The normalized spacial score (nSPS) is 17.1. The predicted octanol–water partition coefficient (Wildman–Crippen LogP) is 2.08. The summed E-state index contributed by atoms with van der Waals surface area (Å²) in [6.45, 7) is 1.86. The highest BCUT2D eigenvalue weighted by molar-refractivity contribution is 5.79. The van der Waals surface area contributed by atoms with E-state index in [2.05, 4.69) is 4.98 Å². The van der Waals surface area contributed by atoms with Crippen LogP contribution in [0, 0.1) is 0 Å². The van der Waals surface area contributed by atoms with Crippen LogP contribution in [0.4, 0.5) is 5.82 Å². The Balaban J connectivity index is 1.51. The summed E-state index contributed by atoms with van der Waals surface area (Å²) in [5.41, 5.74) is 7.85. The third-order valence-electron chi connectivity index (χ3n) is 4.61. The van der Waals surface area contributed by atoms with Crippen LogP contribution >= 0.6 is 0 Å². The molecule has 1 amide bonds.